The van der Waals surface area contributed by atoms with E-state index in [-0.39, 0.29) is 18.4 Å². The third kappa shape index (κ3) is 3.74. The van der Waals surface area contributed by atoms with E-state index in [1.165, 1.54) is 4.90 Å². The molecule has 1 N–H and O–H groups in total. The van der Waals surface area contributed by atoms with E-state index in [1.54, 1.807) is 31.2 Å². The van der Waals surface area contributed by atoms with Gasteiger partial charge in [-0.15, -0.1) is 0 Å². The number of carboxylic acids is 1. The minimum Gasteiger partial charge on any atom is -0.480 e. The summed E-state index contributed by atoms with van der Waals surface area (Å²) in [6, 6.07) is 6.63. The minimum atomic E-state index is -1.05. The number of halogens is 1. The smallest absolute Gasteiger partial charge is 0.323 e. The fraction of sp³-hybridized carbons (Fsp3) is 0.385. The van der Waals surface area contributed by atoms with Crippen molar-refractivity contribution in [3.05, 3.63) is 29.3 Å². The molecule has 0 radical (unpaired) electrons. The van der Waals surface area contributed by atoms with Gasteiger partial charge in [0.25, 0.3) is 0 Å². The maximum atomic E-state index is 12.1. The summed E-state index contributed by atoms with van der Waals surface area (Å²) in [6.07, 6.45) is 0.662. The zero-order valence-corrected chi connectivity index (χ0v) is 11.1. The van der Waals surface area contributed by atoms with Gasteiger partial charge in [0.05, 0.1) is 0 Å². The van der Waals surface area contributed by atoms with E-state index in [0.29, 0.717) is 17.1 Å². The zero-order valence-electron chi connectivity index (χ0n) is 10.4. The summed E-state index contributed by atoms with van der Waals surface area (Å²) >= 11 is 5.86. The Morgan fingerprint density at radius 2 is 2.11 bits per heavy atom. The molecule has 0 spiro atoms. The first-order chi connectivity index (χ1) is 8.45. The van der Waals surface area contributed by atoms with Gasteiger partial charge in [-0.3, -0.25) is 9.59 Å². The minimum absolute atomic E-state index is 0.206. The third-order valence-electron chi connectivity index (χ3n) is 2.71. The topological polar surface area (TPSA) is 57.6 Å². The largest absolute Gasteiger partial charge is 0.480 e. The highest BCUT2D eigenvalue weighted by Gasteiger charge is 2.22. The van der Waals surface area contributed by atoms with Gasteiger partial charge in [0.15, 0.2) is 0 Å². The Morgan fingerprint density at radius 3 is 2.61 bits per heavy atom. The molecule has 0 aliphatic rings. The second-order valence-corrected chi connectivity index (χ2v) is 4.54. The Balaban J connectivity index is 3.05. The van der Waals surface area contributed by atoms with Crippen molar-refractivity contribution >= 4 is 29.2 Å². The van der Waals surface area contributed by atoms with Crippen molar-refractivity contribution in [2.45, 2.75) is 20.3 Å². The molecule has 0 aliphatic carbocycles. The second kappa shape index (κ2) is 6.40. The fourth-order valence-corrected chi connectivity index (χ4v) is 1.70. The van der Waals surface area contributed by atoms with E-state index in [0.717, 1.165) is 0 Å². The number of hydrogen-bond acceptors (Lipinski definition) is 2. The van der Waals surface area contributed by atoms with Crippen molar-refractivity contribution in [1.82, 2.24) is 0 Å². The highest BCUT2D eigenvalue weighted by Crippen LogP contribution is 2.21. The number of rotatable bonds is 5. The molecule has 4 nitrogen and oxygen atoms in total. The highest BCUT2D eigenvalue weighted by molar-refractivity contribution is 6.30. The Labute approximate surface area is 111 Å². The predicted molar refractivity (Wildman–Crippen MR) is 70.9 cm³/mol. The Hall–Kier alpha value is -1.55. The van der Waals surface area contributed by atoms with Gasteiger partial charge >= 0.3 is 5.97 Å². The molecule has 1 unspecified atom stereocenters. The zero-order chi connectivity index (χ0) is 13.7. The van der Waals surface area contributed by atoms with Gasteiger partial charge in [0, 0.05) is 16.6 Å². The van der Waals surface area contributed by atoms with Gasteiger partial charge in [0.1, 0.15) is 6.54 Å². The molecule has 98 valence electrons. The molecule has 1 aromatic rings. The molecule has 0 fully saturated rings. The molecule has 0 aliphatic heterocycles. The van der Waals surface area contributed by atoms with E-state index < -0.39 is 5.97 Å². The first-order valence-corrected chi connectivity index (χ1v) is 6.12. The Bertz CT molecular complexity index is 448. The molecule has 1 amide bonds. The van der Waals surface area contributed by atoms with Crippen molar-refractivity contribution < 1.29 is 14.7 Å². The van der Waals surface area contributed by atoms with Gasteiger partial charge in [-0.1, -0.05) is 31.5 Å². The van der Waals surface area contributed by atoms with Crippen molar-refractivity contribution in [3.63, 3.8) is 0 Å². The summed E-state index contributed by atoms with van der Waals surface area (Å²) in [5.74, 6) is -1.47. The van der Waals surface area contributed by atoms with E-state index in [2.05, 4.69) is 0 Å². The summed E-state index contributed by atoms with van der Waals surface area (Å²) in [6.45, 7) is 3.31. The third-order valence-corrected chi connectivity index (χ3v) is 2.95. The molecule has 1 rings (SSSR count). The summed E-state index contributed by atoms with van der Waals surface area (Å²) in [4.78, 5) is 24.2. The standard InChI is InChI=1S/C13H16ClNO3/c1-3-9(2)13(18)15(8-12(16)17)11-6-4-5-10(14)7-11/h4-7,9H,3,8H2,1-2H3,(H,16,17). The van der Waals surface area contributed by atoms with Gasteiger partial charge in [-0.05, 0) is 24.6 Å². The number of carbonyl (C=O) groups is 2. The molecule has 0 saturated heterocycles. The molecule has 0 bridgehead atoms. The number of amides is 1. The first kappa shape index (κ1) is 14.5. The Morgan fingerprint density at radius 1 is 1.44 bits per heavy atom. The monoisotopic (exact) mass is 269 g/mol. The predicted octanol–water partition coefficient (Wildman–Crippen LogP) is 2.80. The number of carbonyl (C=O) groups excluding carboxylic acids is 1. The molecule has 0 heterocycles. The van der Waals surface area contributed by atoms with Gasteiger partial charge in [0.2, 0.25) is 5.91 Å². The van der Waals surface area contributed by atoms with E-state index >= 15 is 0 Å². The second-order valence-electron chi connectivity index (χ2n) is 4.11. The molecule has 18 heavy (non-hydrogen) atoms. The van der Waals surface area contributed by atoms with Crippen LogP contribution in [-0.4, -0.2) is 23.5 Å². The van der Waals surface area contributed by atoms with E-state index in [4.69, 9.17) is 16.7 Å². The lowest BCUT2D eigenvalue weighted by Gasteiger charge is -2.24. The average Bonchev–Trinajstić information content (AvgIpc) is 2.34. The van der Waals surface area contributed by atoms with Gasteiger partial charge < -0.3 is 10.0 Å². The normalized spacial score (nSPS) is 11.9. The van der Waals surface area contributed by atoms with Crippen LogP contribution in [0.15, 0.2) is 24.3 Å². The van der Waals surface area contributed by atoms with Crippen LogP contribution in [0.5, 0.6) is 0 Å². The molecule has 5 heteroatoms. The lowest BCUT2D eigenvalue weighted by atomic mass is 10.1. The van der Waals surface area contributed by atoms with Crippen LogP contribution >= 0.6 is 11.6 Å². The van der Waals surface area contributed by atoms with Crippen molar-refractivity contribution in [3.8, 4) is 0 Å². The van der Waals surface area contributed by atoms with Gasteiger partial charge in [-0.2, -0.15) is 0 Å². The summed E-state index contributed by atoms with van der Waals surface area (Å²) in [7, 11) is 0. The quantitative estimate of drug-likeness (QED) is 0.894. The van der Waals surface area contributed by atoms with Crippen LogP contribution in [0, 0.1) is 5.92 Å². The molecular formula is C13H16ClNO3. The number of carboxylic acid groups (broad SMARTS) is 1. The van der Waals surface area contributed by atoms with Crippen LogP contribution in [0.1, 0.15) is 20.3 Å². The van der Waals surface area contributed by atoms with Crippen LogP contribution in [0.3, 0.4) is 0 Å². The van der Waals surface area contributed by atoms with Crippen molar-refractivity contribution in [1.29, 1.82) is 0 Å². The number of hydrogen-bond donors (Lipinski definition) is 1. The molecule has 0 saturated carbocycles. The summed E-state index contributed by atoms with van der Waals surface area (Å²) in [5.41, 5.74) is 0.509. The van der Waals surface area contributed by atoms with Crippen molar-refractivity contribution in [2.24, 2.45) is 5.92 Å². The number of benzene rings is 1. The van der Waals surface area contributed by atoms with E-state index in [1.807, 2.05) is 6.92 Å². The molecule has 1 aromatic carbocycles. The maximum Gasteiger partial charge on any atom is 0.323 e. The lowest BCUT2D eigenvalue weighted by molar-refractivity contribution is -0.137. The van der Waals surface area contributed by atoms with Crippen LogP contribution in [0.2, 0.25) is 5.02 Å². The molecule has 0 aromatic heterocycles. The Kier molecular flexibility index (Phi) is 5.16. The van der Waals surface area contributed by atoms with Crippen LogP contribution in [-0.2, 0) is 9.59 Å². The van der Waals surface area contributed by atoms with Crippen molar-refractivity contribution in [2.75, 3.05) is 11.4 Å². The molecule has 1 atom stereocenters. The number of nitrogens with zero attached hydrogens (tertiary/aromatic N) is 1. The fourth-order valence-electron chi connectivity index (χ4n) is 1.52. The SMILES string of the molecule is CCC(C)C(=O)N(CC(=O)O)c1cccc(Cl)c1. The average molecular weight is 270 g/mol. The van der Waals surface area contributed by atoms with Gasteiger partial charge in [-0.25, -0.2) is 0 Å². The maximum absolute atomic E-state index is 12.1. The van der Waals surface area contributed by atoms with Crippen LogP contribution in [0.25, 0.3) is 0 Å². The number of anilines is 1. The number of aliphatic carboxylic acids is 1. The lowest BCUT2D eigenvalue weighted by Crippen LogP contribution is -2.39. The highest BCUT2D eigenvalue weighted by atomic mass is 35.5. The summed E-state index contributed by atoms with van der Waals surface area (Å²) in [5, 5.41) is 9.36. The van der Waals surface area contributed by atoms with Crippen LogP contribution < -0.4 is 4.90 Å². The first-order valence-electron chi connectivity index (χ1n) is 5.74. The van der Waals surface area contributed by atoms with E-state index in [9.17, 15) is 9.59 Å². The summed E-state index contributed by atoms with van der Waals surface area (Å²) < 4.78 is 0. The van der Waals surface area contributed by atoms with Crippen LogP contribution in [0.4, 0.5) is 5.69 Å². The molecular weight excluding hydrogens is 254 g/mol.